The molecule has 0 aromatic heterocycles. The summed E-state index contributed by atoms with van der Waals surface area (Å²) >= 11 is 0. The summed E-state index contributed by atoms with van der Waals surface area (Å²) in [6.07, 6.45) is 10.3. The molecular weight excluding hydrogens is 336 g/mol. The maximum Gasteiger partial charge on any atom is 0.248 e. The SMILES string of the molecule is C/C(=N/N)C1CCCCC2(C=C(CO)C=C2NC2CCC(F)(F)CC2)C1. The highest BCUT2D eigenvalue weighted by Gasteiger charge is 2.42. The van der Waals surface area contributed by atoms with Gasteiger partial charge < -0.3 is 16.3 Å². The summed E-state index contributed by atoms with van der Waals surface area (Å²) in [5, 5.41) is 17.2. The van der Waals surface area contributed by atoms with Crippen LogP contribution in [0.1, 0.15) is 64.7 Å². The molecule has 2 fully saturated rings. The third-order valence-electron chi connectivity index (χ3n) is 6.42. The van der Waals surface area contributed by atoms with Gasteiger partial charge >= 0.3 is 0 Å². The zero-order valence-electron chi connectivity index (χ0n) is 15.6. The lowest BCUT2D eigenvalue weighted by Crippen LogP contribution is -2.40. The summed E-state index contributed by atoms with van der Waals surface area (Å²) in [4.78, 5) is 0. The Labute approximate surface area is 154 Å². The third kappa shape index (κ3) is 4.11. The minimum Gasteiger partial charge on any atom is -0.392 e. The molecule has 1 spiro atoms. The van der Waals surface area contributed by atoms with Crippen molar-refractivity contribution in [1.82, 2.24) is 5.32 Å². The molecule has 0 aromatic carbocycles. The first-order valence-corrected chi connectivity index (χ1v) is 9.81. The molecule has 0 saturated heterocycles. The fourth-order valence-corrected chi connectivity index (χ4v) is 4.80. The van der Waals surface area contributed by atoms with Crippen LogP contribution in [0.15, 0.2) is 28.5 Å². The molecule has 146 valence electrons. The van der Waals surface area contributed by atoms with E-state index in [0.717, 1.165) is 49.1 Å². The molecular formula is C20H31F2N3O. The Morgan fingerprint density at radius 3 is 2.65 bits per heavy atom. The van der Waals surface area contributed by atoms with Crippen molar-refractivity contribution in [2.24, 2.45) is 22.3 Å². The van der Waals surface area contributed by atoms with E-state index in [1.807, 2.05) is 13.0 Å². The Morgan fingerprint density at radius 1 is 1.27 bits per heavy atom. The molecule has 4 nitrogen and oxygen atoms in total. The van der Waals surface area contributed by atoms with E-state index in [-0.39, 0.29) is 30.9 Å². The van der Waals surface area contributed by atoms with Gasteiger partial charge in [-0.1, -0.05) is 18.9 Å². The number of hydrogen-bond donors (Lipinski definition) is 3. The van der Waals surface area contributed by atoms with Gasteiger partial charge in [-0.15, -0.1) is 0 Å². The van der Waals surface area contributed by atoms with Gasteiger partial charge in [0.05, 0.1) is 6.61 Å². The van der Waals surface area contributed by atoms with E-state index in [2.05, 4.69) is 16.5 Å². The second kappa shape index (κ2) is 7.67. The molecule has 0 aliphatic heterocycles. The normalized spacial score (nSPS) is 32.9. The lowest BCUT2D eigenvalue weighted by molar-refractivity contribution is -0.0400. The lowest BCUT2D eigenvalue weighted by Gasteiger charge is -2.37. The van der Waals surface area contributed by atoms with Crippen LogP contribution in [0, 0.1) is 11.3 Å². The molecule has 3 rings (SSSR count). The van der Waals surface area contributed by atoms with Gasteiger partial charge in [0.25, 0.3) is 0 Å². The molecule has 0 amide bonds. The number of halogens is 2. The lowest BCUT2D eigenvalue weighted by atomic mass is 9.75. The van der Waals surface area contributed by atoms with E-state index >= 15 is 0 Å². The van der Waals surface area contributed by atoms with Crippen LogP contribution in [0.2, 0.25) is 0 Å². The number of hydrogen-bond acceptors (Lipinski definition) is 4. The van der Waals surface area contributed by atoms with Gasteiger partial charge in [0.15, 0.2) is 0 Å². The highest BCUT2D eigenvalue weighted by Crippen LogP contribution is 2.48. The second-order valence-corrected chi connectivity index (χ2v) is 8.28. The van der Waals surface area contributed by atoms with Crippen molar-refractivity contribution in [3.63, 3.8) is 0 Å². The summed E-state index contributed by atoms with van der Waals surface area (Å²) in [6, 6.07) is 0.0789. The molecule has 2 saturated carbocycles. The predicted octanol–water partition coefficient (Wildman–Crippen LogP) is 3.87. The molecule has 4 N–H and O–H groups in total. The van der Waals surface area contributed by atoms with Crippen LogP contribution in [0.5, 0.6) is 0 Å². The van der Waals surface area contributed by atoms with Crippen molar-refractivity contribution in [2.75, 3.05) is 6.61 Å². The van der Waals surface area contributed by atoms with Crippen LogP contribution >= 0.6 is 0 Å². The molecule has 2 unspecified atom stereocenters. The maximum absolute atomic E-state index is 13.5. The van der Waals surface area contributed by atoms with Crippen molar-refractivity contribution in [2.45, 2.75) is 76.7 Å². The van der Waals surface area contributed by atoms with E-state index < -0.39 is 5.92 Å². The minimum absolute atomic E-state index is 0.00426. The number of nitrogens with one attached hydrogen (secondary N) is 1. The average Bonchev–Trinajstić information content (AvgIpc) is 2.80. The van der Waals surface area contributed by atoms with Crippen LogP contribution in [0.25, 0.3) is 0 Å². The largest absolute Gasteiger partial charge is 0.392 e. The smallest absolute Gasteiger partial charge is 0.248 e. The fourth-order valence-electron chi connectivity index (χ4n) is 4.80. The zero-order chi connectivity index (χ0) is 18.8. The zero-order valence-corrected chi connectivity index (χ0v) is 15.6. The Kier molecular flexibility index (Phi) is 5.70. The van der Waals surface area contributed by atoms with E-state index in [1.54, 1.807) is 0 Å². The van der Waals surface area contributed by atoms with E-state index in [9.17, 15) is 13.9 Å². The van der Waals surface area contributed by atoms with Gasteiger partial charge in [-0.2, -0.15) is 5.10 Å². The molecule has 0 radical (unpaired) electrons. The van der Waals surface area contributed by atoms with Gasteiger partial charge in [0, 0.05) is 35.7 Å². The third-order valence-corrected chi connectivity index (χ3v) is 6.42. The number of hydrazone groups is 1. The van der Waals surface area contributed by atoms with Crippen molar-refractivity contribution in [3.8, 4) is 0 Å². The van der Waals surface area contributed by atoms with Gasteiger partial charge in [-0.05, 0) is 56.6 Å². The molecule has 0 bridgehead atoms. The molecule has 0 aromatic rings. The Morgan fingerprint density at radius 2 is 2.00 bits per heavy atom. The first-order valence-electron chi connectivity index (χ1n) is 9.81. The van der Waals surface area contributed by atoms with Gasteiger partial charge in [-0.3, -0.25) is 0 Å². The standard InChI is InChI=1S/C20H31F2N3O/c1-14(25-23)16-4-2-3-7-19(12-16)11-15(13-26)10-18(19)24-17-5-8-20(21,22)9-6-17/h10-11,16-17,24,26H,2-9,12-13,23H2,1H3/b25-14-. The molecule has 3 aliphatic rings. The summed E-state index contributed by atoms with van der Waals surface area (Å²) in [7, 11) is 0. The maximum atomic E-state index is 13.5. The van der Waals surface area contributed by atoms with Gasteiger partial charge in [0.1, 0.15) is 0 Å². The van der Waals surface area contributed by atoms with Crippen molar-refractivity contribution in [1.29, 1.82) is 0 Å². The Balaban J connectivity index is 1.79. The summed E-state index contributed by atoms with van der Waals surface area (Å²) in [5.41, 5.74) is 2.81. The second-order valence-electron chi connectivity index (χ2n) is 8.28. The topological polar surface area (TPSA) is 70.6 Å². The van der Waals surface area contributed by atoms with Crippen LogP contribution < -0.4 is 11.2 Å². The summed E-state index contributed by atoms with van der Waals surface area (Å²) < 4.78 is 27.0. The number of rotatable bonds is 4. The van der Waals surface area contributed by atoms with Crippen molar-refractivity contribution >= 4 is 5.71 Å². The monoisotopic (exact) mass is 367 g/mol. The number of allylic oxidation sites excluding steroid dienone is 1. The molecule has 26 heavy (non-hydrogen) atoms. The number of aliphatic hydroxyl groups is 1. The molecule has 2 atom stereocenters. The van der Waals surface area contributed by atoms with Crippen LogP contribution in [-0.4, -0.2) is 29.4 Å². The summed E-state index contributed by atoms with van der Waals surface area (Å²) in [6.45, 7) is 1.99. The van der Waals surface area contributed by atoms with Crippen LogP contribution in [0.3, 0.4) is 0 Å². The highest BCUT2D eigenvalue weighted by atomic mass is 19.3. The van der Waals surface area contributed by atoms with Crippen LogP contribution in [-0.2, 0) is 0 Å². The number of nitrogens with zero attached hydrogens (tertiary/aromatic N) is 1. The molecule has 3 aliphatic carbocycles. The quantitative estimate of drug-likeness (QED) is 0.401. The fraction of sp³-hybridized carbons (Fsp3) is 0.750. The summed E-state index contributed by atoms with van der Waals surface area (Å²) in [5.74, 6) is 3.34. The number of aliphatic hydroxyl groups excluding tert-OH is 1. The van der Waals surface area contributed by atoms with Gasteiger partial charge in [-0.25, -0.2) is 8.78 Å². The predicted molar refractivity (Wildman–Crippen MR) is 99.9 cm³/mol. The first-order chi connectivity index (χ1) is 12.4. The van der Waals surface area contributed by atoms with Gasteiger partial charge in [0.2, 0.25) is 5.92 Å². The van der Waals surface area contributed by atoms with Crippen LogP contribution in [0.4, 0.5) is 8.78 Å². The molecule has 6 heteroatoms. The Hall–Kier alpha value is -1.43. The Bertz CT molecular complexity index is 604. The highest BCUT2D eigenvalue weighted by molar-refractivity contribution is 5.84. The van der Waals surface area contributed by atoms with E-state index in [0.29, 0.717) is 18.8 Å². The number of alkyl halides is 2. The van der Waals surface area contributed by atoms with Crippen molar-refractivity contribution in [3.05, 3.63) is 23.4 Å². The minimum atomic E-state index is -2.52. The number of nitrogens with two attached hydrogens (primary N) is 1. The average molecular weight is 367 g/mol. The molecule has 0 heterocycles. The van der Waals surface area contributed by atoms with E-state index in [4.69, 9.17) is 5.84 Å². The van der Waals surface area contributed by atoms with Crippen molar-refractivity contribution < 1.29 is 13.9 Å². The first kappa shape index (κ1) is 19.3. The van der Waals surface area contributed by atoms with E-state index in [1.165, 1.54) is 0 Å².